The zero-order chi connectivity index (χ0) is 18.2. The SMILES string of the molecule is CN(C)C(=O)[C@H](OC(=O)/C=C/c1ccc(C#N)cc1)c1ccccc1. The molecule has 2 aromatic rings. The second kappa shape index (κ2) is 8.46. The van der Waals surface area contributed by atoms with Crippen LogP contribution in [-0.4, -0.2) is 30.9 Å². The Morgan fingerprint density at radius 1 is 1.08 bits per heavy atom. The molecule has 0 N–H and O–H groups in total. The van der Waals surface area contributed by atoms with Gasteiger partial charge in [-0.3, -0.25) is 4.79 Å². The lowest BCUT2D eigenvalue weighted by molar-refractivity contribution is -0.155. The van der Waals surface area contributed by atoms with E-state index in [4.69, 9.17) is 10.00 Å². The first-order valence-electron chi connectivity index (χ1n) is 7.66. The van der Waals surface area contributed by atoms with E-state index in [1.807, 2.05) is 12.1 Å². The molecule has 5 heteroatoms. The number of rotatable bonds is 5. The fraction of sp³-hybridized carbons (Fsp3) is 0.150. The minimum atomic E-state index is -0.991. The minimum absolute atomic E-state index is 0.314. The van der Waals surface area contributed by atoms with Gasteiger partial charge in [-0.2, -0.15) is 5.26 Å². The molecular weight excluding hydrogens is 316 g/mol. The summed E-state index contributed by atoms with van der Waals surface area (Å²) in [6, 6.07) is 17.7. The minimum Gasteiger partial charge on any atom is -0.444 e. The van der Waals surface area contributed by atoms with E-state index < -0.39 is 12.1 Å². The summed E-state index contributed by atoms with van der Waals surface area (Å²) in [5.41, 5.74) is 1.91. The van der Waals surface area contributed by atoms with Crippen LogP contribution in [0.2, 0.25) is 0 Å². The molecule has 0 aliphatic rings. The largest absolute Gasteiger partial charge is 0.444 e. The number of likely N-dealkylation sites (N-methyl/N-ethyl adjacent to an activating group) is 1. The van der Waals surface area contributed by atoms with Crippen molar-refractivity contribution in [3.05, 3.63) is 77.4 Å². The third-order valence-electron chi connectivity index (χ3n) is 3.45. The highest BCUT2D eigenvalue weighted by atomic mass is 16.5. The maximum Gasteiger partial charge on any atom is 0.331 e. The number of nitriles is 1. The molecule has 126 valence electrons. The Morgan fingerprint density at radius 2 is 1.72 bits per heavy atom. The first-order chi connectivity index (χ1) is 12.0. The van der Waals surface area contributed by atoms with E-state index in [-0.39, 0.29) is 5.91 Å². The van der Waals surface area contributed by atoms with Gasteiger partial charge in [-0.25, -0.2) is 4.79 Å². The molecule has 0 bridgehead atoms. The molecule has 0 fully saturated rings. The smallest absolute Gasteiger partial charge is 0.331 e. The summed E-state index contributed by atoms with van der Waals surface area (Å²) in [4.78, 5) is 25.8. The quantitative estimate of drug-likeness (QED) is 0.623. The number of hydrogen-bond donors (Lipinski definition) is 0. The van der Waals surface area contributed by atoms with Crippen molar-refractivity contribution in [2.45, 2.75) is 6.10 Å². The third-order valence-corrected chi connectivity index (χ3v) is 3.45. The van der Waals surface area contributed by atoms with Gasteiger partial charge in [0.2, 0.25) is 6.10 Å². The molecule has 0 radical (unpaired) electrons. The Balaban J connectivity index is 2.12. The summed E-state index contributed by atoms with van der Waals surface area (Å²) in [5.74, 6) is -0.931. The van der Waals surface area contributed by atoms with Crippen LogP contribution in [0, 0.1) is 11.3 Å². The highest BCUT2D eigenvalue weighted by Gasteiger charge is 2.25. The average Bonchev–Trinajstić information content (AvgIpc) is 2.65. The van der Waals surface area contributed by atoms with Crippen LogP contribution in [0.3, 0.4) is 0 Å². The molecule has 25 heavy (non-hydrogen) atoms. The number of carbonyl (C=O) groups excluding carboxylic acids is 2. The van der Waals surface area contributed by atoms with Crippen molar-refractivity contribution in [2.75, 3.05) is 14.1 Å². The van der Waals surface area contributed by atoms with E-state index in [9.17, 15) is 9.59 Å². The lowest BCUT2D eigenvalue weighted by Crippen LogP contribution is -2.30. The average molecular weight is 334 g/mol. The van der Waals surface area contributed by atoms with Crippen LogP contribution >= 0.6 is 0 Å². The fourth-order valence-electron chi connectivity index (χ4n) is 2.11. The maximum atomic E-state index is 12.3. The van der Waals surface area contributed by atoms with Crippen LogP contribution < -0.4 is 0 Å². The van der Waals surface area contributed by atoms with Gasteiger partial charge in [0.15, 0.2) is 0 Å². The lowest BCUT2D eigenvalue weighted by Gasteiger charge is -2.20. The Kier molecular flexibility index (Phi) is 6.08. The standard InChI is InChI=1S/C20H18N2O3/c1-22(2)20(24)19(17-6-4-3-5-7-17)25-18(23)13-12-15-8-10-16(14-21)11-9-15/h3-13,19H,1-2H3/b13-12+/t19-/m1/s1. The summed E-state index contributed by atoms with van der Waals surface area (Å²) in [6.45, 7) is 0. The van der Waals surface area contributed by atoms with Crippen molar-refractivity contribution >= 4 is 18.0 Å². The van der Waals surface area contributed by atoms with Crippen LogP contribution in [0.4, 0.5) is 0 Å². The molecule has 1 atom stereocenters. The predicted molar refractivity (Wildman–Crippen MR) is 94.2 cm³/mol. The number of carbonyl (C=O) groups is 2. The lowest BCUT2D eigenvalue weighted by atomic mass is 10.1. The molecule has 0 aromatic heterocycles. The highest BCUT2D eigenvalue weighted by Crippen LogP contribution is 2.20. The van der Waals surface area contributed by atoms with Gasteiger partial charge in [0.05, 0.1) is 11.6 Å². The first kappa shape index (κ1) is 18.0. The Bertz CT molecular complexity index is 803. The second-order valence-corrected chi connectivity index (χ2v) is 5.53. The number of hydrogen-bond acceptors (Lipinski definition) is 4. The molecular formula is C20H18N2O3. The van der Waals surface area contributed by atoms with Crippen molar-refractivity contribution in [2.24, 2.45) is 0 Å². The summed E-state index contributed by atoms with van der Waals surface area (Å²) < 4.78 is 5.36. The molecule has 0 aliphatic carbocycles. The van der Waals surface area contributed by atoms with Crippen LogP contribution in [-0.2, 0) is 14.3 Å². The van der Waals surface area contributed by atoms with Crippen molar-refractivity contribution in [3.8, 4) is 6.07 Å². The van der Waals surface area contributed by atoms with E-state index >= 15 is 0 Å². The summed E-state index contributed by atoms with van der Waals surface area (Å²) in [6.07, 6.45) is 1.85. The first-order valence-corrected chi connectivity index (χ1v) is 7.66. The summed E-state index contributed by atoms with van der Waals surface area (Å²) in [5, 5.41) is 8.77. The zero-order valence-electron chi connectivity index (χ0n) is 14.0. The van der Waals surface area contributed by atoms with E-state index in [0.29, 0.717) is 11.1 Å². The van der Waals surface area contributed by atoms with Gasteiger partial charge in [0.1, 0.15) is 0 Å². The molecule has 1 amide bonds. The number of ether oxygens (including phenoxy) is 1. The van der Waals surface area contributed by atoms with Gasteiger partial charge in [-0.15, -0.1) is 0 Å². The number of nitrogens with zero attached hydrogens (tertiary/aromatic N) is 2. The highest BCUT2D eigenvalue weighted by molar-refractivity contribution is 5.90. The molecule has 0 aliphatic heterocycles. The normalized spacial score (nSPS) is 11.6. The molecule has 0 saturated carbocycles. The zero-order valence-corrected chi connectivity index (χ0v) is 14.0. The second-order valence-electron chi connectivity index (χ2n) is 5.53. The number of benzene rings is 2. The van der Waals surface area contributed by atoms with Crippen LogP contribution in [0.15, 0.2) is 60.7 Å². The molecule has 2 rings (SSSR count). The van der Waals surface area contributed by atoms with Crippen molar-refractivity contribution in [1.29, 1.82) is 5.26 Å². The Morgan fingerprint density at radius 3 is 2.28 bits per heavy atom. The topological polar surface area (TPSA) is 70.4 Å². The van der Waals surface area contributed by atoms with Gasteiger partial charge in [-0.1, -0.05) is 42.5 Å². The van der Waals surface area contributed by atoms with Crippen molar-refractivity contribution < 1.29 is 14.3 Å². The molecule has 0 unspecified atom stereocenters. The third kappa shape index (κ3) is 5.05. The van der Waals surface area contributed by atoms with Gasteiger partial charge < -0.3 is 9.64 Å². The Labute approximate surface area is 146 Å². The maximum absolute atomic E-state index is 12.3. The van der Waals surface area contributed by atoms with Gasteiger partial charge in [-0.05, 0) is 23.8 Å². The van der Waals surface area contributed by atoms with Gasteiger partial charge >= 0.3 is 5.97 Å². The molecule has 2 aromatic carbocycles. The van der Waals surface area contributed by atoms with Crippen molar-refractivity contribution in [1.82, 2.24) is 4.90 Å². The monoisotopic (exact) mass is 334 g/mol. The Hall–Kier alpha value is -3.39. The van der Waals surface area contributed by atoms with Gasteiger partial charge in [0, 0.05) is 25.7 Å². The predicted octanol–water partition coefficient (Wildman–Crippen LogP) is 2.94. The summed E-state index contributed by atoms with van der Waals surface area (Å²) in [7, 11) is 3.22. The van der Waals surface area contributed by atoms with Crippen LogP contribution in [0.25, 0.3) is 6.08 Å². The van der Waals surface area contributed by atoms with Crippen LogP contribution in [0.5, 0.6) is 0 Å². The number of amides is 1. The fourth-order valence-corrected chi connectivity index (χ4v) is 2.11. The van der Waals surface area contributed by atoms with E-state index in [1.54, 1.807) is 68.7 Å². The van der Waals surface area contributed by atoms with Gasteiger partial charge in [0.25, 0.3) is 5.91 Å². The van der Waals surface area contributed by atoms with E-state index in [0.717, 1.165) is 5.56 Å². The molecule has 0 heterocycles. The number of esters is 1. The van der Waals surface area contributed by atoms with Crippen molar-refractivity contribution in [3.63, 3.8) is 0 Å². The van der Waals surface area contributed by atoms with E-state index in [1.165, 1.54) is 11.0 Å². The van der Waals surface area contributed by atoms with Crippen LogP contribution in [0.1, 0.15) is 22.8 Å². The summed E-state index contributed by atoms with van der Waals surface area (Å²) >= 11 is 0. The molecule has 0 spiro atoms. The molecule has 5 nitrogen and oxygen atoms in total. The molecule has 0 saturated heterocycles. The van der Waals surface area contributed by atoms with E-state index in [2.05, 4.69) is 0 Å².